The minimum atomic E-state index is -1.33. The van der Waals surface area contributed by atoms with Gasteiger partial charge in [0.25, 0.3) is 0 Å². The van der Waals surface area contributed by atoms with E-state index in [1.165, 1.54) is 25.3 Å². The van der Waals surface area contributed by atoms with Gasteiger partial charge in [0, 0.05) is 12.1 Å². The molecule has 2 aromatic rings. The zero-order valence-electron chi connectivity index (χ0n) is 10.9. The van der Waals surface area contributed by atoms with Crippen LogP contribution in [0.1, 0.15) is 10.4 Å². The lowest BCUT2D eigenvalue weighted by Crippen LogP contribution is -2.08. The van der Waals surface area contributed by atoms with E-state index in [1.807, 2.05) is 0 Å². The minimum Gasteiger partial charge on any atom is -0.465 e. The maximum atomic E-state index is 13.6. The summed E-state index contributed by atoms with van der Waals surface area (Å²) >= 11 is 0. The number of ether oxygens (including phenoxy) is 1. The van der Waals surface area contributed by atoms with Gasteiger partial charge in [0.15, 0.2) is 11.6 Å². The highest BCUT2D eigenvalue weighted by Crippen LogP contribution is 2.29. The number of nitrogens with two attached hydrogens (primary N) is 1. The van der Waals surface area contributed by atoms with E-state index in [2.05, 4.69) is 10.1 Å². The van der Waals surface area contributed by atoms with Crippen molar-refractivity contribution in [1.29, 1.82) is 0 Å². The van der Waals surface area contributed by atoms with Crippen molar-refractivity contribution in [3.05, 3.63) is 53.3 Å². The van der Waals surface area contributed by atoms with Gasteiger partial charge in [0.05, 0.1) is 29.7 Å². The minimum absolute atomic E-state index is 0.0200. The molecule has 110 valence electrons. The quantitative estimate of drug-likeness (QED) is 0.518. The van der Waals surface area contributed by atoms with Gasteiger partial charge in [-0.05, 0) is 12.1 Å². The van der Waals surface area contributed by atoms with E-state index < -0.39 is 29.1 Å². The van der Waals surface area contributed by atoms with E-state index in [0.29, 0.717) is 6.07 Å². The molecule has 0 bridgehead atoms. The zero-order chi connectivity index (χ0) is 15.6. The fourth-order valence-corrected chi connectivity index (χ4v) is 1.75. The molecule has 21 heavy (non-hydrogen) atoms. The number of benzene rings is 2. The van der Waals surface area contributed by atoms with E-state index >= 15 is 0 Å². The standard InChI is InChI=1S/C14H11F3N2O2/c1-21-14(20)8-3-2-4-10(13(8)18)19-11-6-7(15)5-9(16)12(11)17/h2-6,19H,18H2,1H3. The molecule has 3 N–H and O–H groups in total. The van der Waals surface area contributed by atoms with E-state index in [1.54, 1.807) is 0 Å². The van der Waals surface area contributed by atoms with Crippen molar-refractivity contribution in [2.75, 3.05) is 18.2 Å². The summed E-state index contributed by atoms with van der Waals surface area (Å²) in [5.74, 6) is -4.21. The van der Waals surface area contributed by atoms with E-state index in [-0.39, 0.29) is 16.9 Å². The van der Waals surface area contributed by atoms with Gasteiger partial charge >= 0.3 is 5.97 Å². The fraction of sp³-hybridized carbons (Fsp3) is 0.0714. The molecule has 0 aliphatic heterocycles. The molecule has 0 radical (unpaired) electrons. The Morgan fingerprint density at radius 3 is 2.57 bits per heavy atom. The molecule has 4 nitrogen and oxygen atoms in total. The Hall–Kier alpha value is -2.70. The number of hydrogen-bond acceptors (Lipinski definition) is 4. The van der Waals surface area contributed by atoms with Crippen LogP contribution in [0.4, 0.5) is 30.2 Å². The Bertz CT molecular complexity index is 705. The number of hydrogen-bond donors (Lipinski definition) is 2. The topological polar surface area (TPSA) is 64.3 Å². The second-order valence-electron chi connectivity index (χ2n) is 4.13. The van der Waals surface area contributed by atoms with Crippen molar-refractivity contribution in [3.63, 3.8) is 0 Å². The molecule has 0 spiro atoms. The number of anilines is 3. The highest BCUT2D eigenvalue weighted by Gasteiger charge is 2.16. The number of carbonyl (C=O) groups is 1. The van der Waals surface area contributed by atoms with E-state index in [0.717, 1.165) is 6.07 Å². The lowest BCUT2D eigenvalue weighted by Gasteiger charge is -2.13. The Morgan fingerprint density at radius 1 is 1.19 bits per heavy atom. The molecule has 0 aromatic heterocycles. The average molecular weight is 296 g/mol. The number of esters is 1. The second-order valence-corrected chi connectivity index (χ2v) is 4.13. The summed E-state index contributed by atoms with van der Waals surface area (Å²) in [7, 11) is 1.18. The normalized spacial score (nSPS) is 10.3. The number of methoxy groups -OCH3 is 1. The summed E-state index contributed by atoms with van der Waals surface area (Å²) in [5, 5.41) is 2.45. The third-order valence-corrected chi connectivity index (χ3v) is 2.77. The van der Waals surface area contributed by atoms with Gasteiger partial charge in [0.2, 0.25) is 0 Å². The largest absolute Gasteiger partial charge is 0.465 e. The van der Waals surface area contributed by atoms with Crippen LogP contribution >= 0.6 is 0 Å². The van der Waals surface area contributed by atoms with E-state index in [4.69, 9.17) is 5.73 Å². The molecular formula is C14H11F3N2O2. The van der Waals surface area contributed by atoms with Crippen molar-refractivity contribution in [2.45, 2.75) is 0 Å². The van der Waals surface area contributed by atoms with Crippen LogP contribution in [-0.2, 0) is 4.74 Å². The molecule has 2 aromatic carbocycles. The predicted molar refractivity (Wildman–Crippen MR) is 71.8 cm³/mol. The number of carbonyl (C=O) groups excluding carboxylic acids is 1. The molecule has 0 fully saturated rings. The van der Waals surface area contributed by atoms with Crippen LogP contribution in [0.5, 0.6) is 0 Å². The van der Waals surface area contributed by atoms with Crippen molar-refractivity contribution in [3.8, 4) is 0 Å². The van der Waals surface area contributed by atoms with Crippen LogP contribution in [0.15, 0.2) is 30.3 Å². The van der Waals surface area contributed by atoms with Gasteiger partial charge in [-0.2, -0.15) is 0 Å². The number of rotatable bonds is 3. The Kier molecular flexibility index (Phi) is 4.02. The number of halogens is 3. The average Bonchev–Trinajstić information content (AvgIpc) is 2.45. The first kappa shape index (κ1) is 14.7. The molecule has 0 amide bonds. The molecule has 0 unspecified atom stereocenters. The second kappa shape index (κ2) is 5.74. The lowest BCUT2D eigenvalue weighted by molar-refractivity contribution is 0.0602. The van der Waals surface area contributed by atoms with Gasteiger partial charge in [0.1, 0.15) is 5.82 Å². The molecular weight excluding hydrogens is 285 g/mol. The summed E-state index contributed by atoms with van der Waals surface area (Å²) < 4.78 is 44.4. The first-order valence-electron chi connectivity index (χ1n) is 5.82. The van der Waals surface area contributed by atoms with Crippen molar-refractivity contribution in [2.24, 2.45) is 0 Å². The van der Waals surface area contributed by atoms with Crippen LogP contribution in [0.2, 0.25) is 0 Å². The predicted octanol–water partition coefficient (Wildman–Crippen LogP) is 3.22. The van der Waals surface area contributed by atoms with Crippen molar-refractivity contribution < 1.29 is 22.7 Å². The summed E-state index contributed by atoms with van der Waals surface area (Å²) in [5.41, 5.74) is 5.49. The summed E-state index contributed by atoms with van der Waals surface area (Å²) in [6.45, 7) is 0. The van der Waals surface area contributed by atoms with Crippen LogP contribution in [0.25, 0.3) is 0 Å². The highest BCUT2D eigenvalue weighted by molar-refractivity contribution is 5.98. The number of para-hydroxylation sites is 1. The summed E-state index contributed by atoms with van der Waals surface area (Å²) in [6.07, 6.45) is 0. The van der Waals surface area contributed by atoms with E-state index in [9.17, 15) is 18.0 Å². The smallest absolute Gasteiger partial charge is 0.340 e. The van der Waals surface area contributed by atoms with Crippen LogP contribution in [0, 0.1) is 17.5 Å². The maximum absolute atomic E-state index is 13.6. The molecule has 0 aliphatic rings. The molecule has 0 atom stereocenters. The van der Waals surface area contributed by atoms with Crippen molar-refractivity contribution in [1.82, 2.24) is 0 Å². The SMILES string of the molecule is COC(=O)c1cccc(Nc2cc(F)cc(F)c2F)c1N. The lowest BCUT2D eigenvalue weighted by atomic mass is 10.1. The fourth-order valence-electron chi connectivity index (χ4n) is 1.75. The van der Waals surface area contributed by atoms with Gasteiger partial charge in [-0.3, -0.25) is 0 Å². The van der Waals surface area contributed by atoms with Gasteiger partial charge in [-0.1, -0.05) is 6.07 Å². The summed E-state index contributed by atoms with van der Waals surface area (Å²) in [4.78, 5) is 11.5. The molecule has 0 saturated heterocycles. The third-order valence-electron chi connectivity index (χ3n) is 2.77. The number of nitrogens with one attached hydrogen (secondary N) is 1. The first-order valence-corrected chi connectivity index (χ1v) is 5.82. The summed E-state index contributed by atoms with van der Waals surface area (Å²) in [6, 6.07) is 5.52. The Labute approximate surface area is 118 Å². The maximum Gasteiger partial charge on any atom is 0.340 e. The van der Waals surface area contributed by atoms with Crippen LogP contribution < -0.4 is 11.1 Å². The van der Waals surface area contributed by atoms with Crippen molar-refractivity contribution >= 4 is 23.0 Å². The number of nitrogen functional groups attached to an aromatic ring is 1. The monoisotopic (exact) mass is 296 g/mol. The van der Waals surface area contributed by atoms with Gasteiger partial charge in [-0.15, -0.1) is 0 Å². The molecule has 0 saturated carbocycles. The van der Waals surface area contributed by atoms with Crippen LogP contribution in [0.3, 0.4) is 0 Å². The third kappa shape index (κ3) is 2.91. The molecule has 7 heteroatoms. The highest BCUT2D eigenvalue weighted by atomic mass is 19.2. The molecule has 0 heterocycles. The first-order chi connectivity index (χ1) is 9.93. The molecule has 2 rings (SSSR count). The Balaban J connectivity index is 2.43. The van der Waals surface area contributed by atoms with Crippen LogP contribution in [-0.4, -0.2) is 13.1 Å². The Morgan fingerprint density at radius 2 is 1.90 bits per heavy atom. The molecule has 0 aliphatic carbocycles. The zero-order valence-corrected chi connectivity index (χ0v) is 10.9. The van der Waals surface area contributed by atoms with Gasteiger partial charge in [-0.25, -0.2) is 18.0 Å². The van der Waals surface area contributed by atoms with Gasteiger partial charge < -0.3 is 15.8 Å².